The van der Waals surface area contributed by atoms with Crippen LogP contribution in [0.25, 0.3) is 0 Å². The number of hydrogen-bond donors (Lipinski definition) is 3. The minimum absolute atomic E-state index is 0.0154. The zero-order valence-corrected chi connectivity index (χ0v) is 42.1. The number of nitriles is 1. The highest BCUT2D eigenvalue weighted by Gasteiger charge is 2.62. The molecule has 0 aliphatic carbocycles. The Kier molecular flexibility index (Phi) is 14.8. The predicted octanol–water partition coefficient (Wildman–Crippen LogP) is 9.45. The van der Waals surface area contributed by atoms with Crippen molar-refractivity contribution in [2.45, 2.75) is 165 Å². The minimum atomic E-state index is -1.37. The van der Waals surface area contributed by atoms with Crippen LogP contribution < -0.4 is 29.0 Å². The predicted molar refractivity (Wildman–Crippen MR) is 263 cm³/mol. The summed E-state index contributed by atoms with van der Waals surface area (Å²) < 4.78 is 37.2. The number of unbranched alkanes of at least 4 members (excludes halogenated alkanes) is 12. The van der Waals surface area contributed by atoms with Crippen molar-refractivity contribution >= 4 is 23.7 Å². The van der Waals surface area contributed by atoms with Crippen LogP contribution in [-0.4, -0.2) is 97.0 Å². The van der Waals surface area contributed by atoms with Gasteiger partial charge in [-0.25, -0.2) is 4.79 Å². The van der Waals surface area contributed by atoms with Crippen LogP contribution in [0.4, 0.5) is 0 Å². The lowest BCUT2D eigenvalue weighted by atomic mass is 9.71. The number of fused-ring (bicyclic) bond motifs is 9. The van der Waals surface area contributed by atoms with Gasteiger partial charge in [0.25, 0.3) is 0 Å². The van der Waals surface area contributed by atoms with Crippen molar-refractivity contribution in [2.75, 3.05) is 47.0 Å². The lowest BCUT2D eigenvalue weighted by molar-refractivity contribution is -0.157. The van der Waals surface area contributed by atoms with E-state index >= 15 is 4.79 Å². The number of rotatable bonds is 17. The first-order valence-corrected chi connectivity index (χ1v) is 26.4. The molecule has 7 heterocycles. The molecule has 14 nitrogen and oxygen atoms in total. The Hall–Kier alpha value is -4.88. The monoisotopic (exact) mass is 966 g/mol. The van der Waals surface area contributed by atoms with Gasteiger partial charge < -0.3 is 38.6 Å². The van der Waals surface area contributed by atoms with E-state index in [9.17, 15) is 20.3 Å². The van der Waals surface area contributed by atoms with Crippen LogP contribution in [0.5, 0.6) is 40.2 Å². The molecule has 7 aliphatic heterocycles. The van der Waals surface area contributed by atoms with E-state index in [1.807, 2.05) is 20.9 Å². The molecule has 3 aromatic carbocycles. The quantitative estimate of drug-likeness (QED) is 0.0663. The third-order valence-corrected chi connectivity index (χ3v) is 17.4. The molecule has 0 amide bonds. The van der Waals surface area contributed by atoms with Crippen LogP contribution in [0.15, 0.2) is 18.2 Å². The Morgan fingerprint density at radius 2 is 1.59 bits per heavy atom. The smallest absolute Gasteiger partial charge is 0.331 e. The molecule has 0 aromatic heterocycles. The van der Waals surface area contributed by atoms with Crippen LogP contribution in [0.1, 0.15) is 159 Å². The van der Waals surface area contributed by atoms with Gasteiger partial charge in [-0.3, -0.25) is 19.9 Å². The van der Waals surface area contributed by atoms with Crippen LogP contribution >= 0.6 is 11.8 Å². The molecule has 7 atom stereocenters. The maximum atomic E-state index is 15.0. The second kappa shape index (κ2) is 20.8. The normalized spacial score (nSPS) is 25.5. The molecule has 1 unspecified atom stereocenters. The SMILES string of the molecule is CCCCCCCCCCCCCCCC(=O)Oc1c(C)c2c(c3c1[C@H]1SC[C@]4(NCCc5cc(O)c(OC)cc54)C(=O)OC[C@H]3N3C1[C@H]1c4c(cc(C)c(OC)c4O)C[C@H]([C@@H]3C#N)N1C)OCO2. The van der Waals surface area contributed by atoms with Gasteiger partial charge in [-0.15, -0.1) is 11.8 Å². The average molecular weight is 967 g/mol. The number of benzene rings is 3. The van der Waals surface area contributed by atoms with Gasteiger partial charge in [0.15, 0.2) is 40.0 Å². The molecule has 372 valence electrons. The van der Waals surface area contributed by atoms with E-state index in [1.165, 1.54) is 76.7 Å². The molecule has 1 spiro atoms. The van der Waals surface area contributed by atoms with Crippen LogP contribution in [0.2, 0.25) is 0 Å². The summed E-state index contributed by atoms with van der Waals surface area (Å²) in [4.78, 5) is 33.7. The number of methoxy groups -OCH3 is 2. The van der Waals surface area contributed by atoms with Gasteiger partial charge in [0, 0.05) is 53.1 Å². The Bertz CT molecular complexity index is 2480. The van der Waals surface area contributed by atoms with E-state index in [1.54, 1.807) is 19.2 Å². The third kappa shape index (κ3) is 8.75. The summed E-state index contributed by atoms with van der Waals surface area (Å²) >= 11 is 1.52. The fourth-order valence-electron chi connectivity index (χ4n) is 12.5. The van der Waals surface area contributed by atoms with Gasteiger partial charge in [0.05, 0.1) is 37.6 Å². The average Bonchev–Trinajstić information content (AvgIpc) is 3.83. The van der Waals surface area contributed by atoms with E-state index in [0.717, 1.165) is 47.1 Å². The zero-order valence-electron chi connectivity index (χ0n) is 41.2. The highest BCUT2D eigenvalue weighted by atomic mass is 32.2. The number of thioether (sulfide) groups is 1. The van der Waals surface area contributed by atoms with Crippen molar-refractivity contribution in [3.63, 3.8) is 0 Å². The Morgan fingerprint density at radius 1 is 0.899 bits per heavy atom. The molecule has 0 saturated carbocycles. The molecule has 2 saturated heterocycles. The lowest BCUT2D eigenvalue weighted by Gasteiger charge is -2.62. The van der Waals surface area contributed by atoms with Gasteiger partial charge in [0.2, 0.25) is 6.79 Å². The molecule has 0 radical (unpaired) electrons. The maximum absolute atomic E-state index is 15.0. The molecule has 3 aromatic rings. The van der Waals surface area contributed by atoms with Gasteiger partial charge in [-0.1, -0.05) is 90.0 Å². The number of likely N-dealkylation sites (N-methyl/N-ethyl adjacent to an activating group) is 1. The second-order valence-corrected chi connectivity index (χ2v) is 21.1. The Balaban J connectivity index is 1.11. The first-order valence-electron chi connectivity index (χ1n) is 25.4. The highest BCUT2D eigenvalue weighted by molar-refractivity contribution is 7.99. The van der Waals surface area contributed by atoms with Crippen LogP contribution in [-0.2, 0) is 32.7 Å². The summed E-state index contributed by atoms with van der Waals surface area (Å²) in [5.41, 5.74) is 4.58. The molecule has 10 rings (SSSR count). The van der Waals surface area contributed by atoms with E-state index in [-0.39, 0.29) is 54.8 Å². The molecular weight excluding hydrogens is 897 g/mol. The number of aromatic hydroxyl groups is 2. The number of phenols is 2. The molecule has 7 aliphatic rings. The summed E-state index contributed by atoms with van der Waals surface area (Å²) in [6.07, 6.45) is 16.9. The minimum Gasteiger partial charge on any atom is -0.504 e. The number of aryl methyl sites for hydroxylation is 1. The van der Waals surface area contributed by atoms with E-state index in [2.05, 4.69) is 34.2 Å². The largest absolute Gasteiger partial charge is 0.504 e. The van der Waals surface area contributed by atoms with Crippen molar-refractivity contribution in [2.24, 2.45) is 0 Å². The summed E-state index contributed by atoms with van der Waals surface area (Å²) in [7, 11) is 5.06. The topological polar surface area (TPSA) is 172 Å². The standard InChI is InChI=1S/C54H70N4O10S/c1-7-8-9-10-11-12-13-14-15-16-17-18-19-20-41(60)68-49-32(3)50-51(67-30-66-50)43-38-28-65-53(62)54(35-26-40(63-5)39(59)25-33(35)21-22-56-54)29-69-52(44(43)49)46-45-42-34(23-31(2)48(64-6)47(42)61)24-36(57(45)4)37(27-55)58(38)46/h23,25-26,36-38,45-46,52,56,59,61H,7-22,24,28-30H2,1-6H3/t36-,37+,38-,45-,46?,52-,54-/m1/s1. The Labute approximate surface area is 411 Å². The summed E-state index contributed by atoms with van der Waals surface area (Å²) in [5, 5.41) is 37.5. The first kappa shape index (κ1) is 49.1. The fraction of sp³-hybridized carbons (Fsp3) is 0.611. The number of carbonyl (C=O) groups is 2. The molecular formula is C54H70N4O10S. The summed E-state index contributed by atoms with van der Waals surface area (Å²) in [6.45, 7) is 6.28. The van der Waals surface area contributed by atoms with Gasteiger partial charge >= 0.3 is 11.9 Å². The lowest BCUT2D eigenvalue weighted by Crippen LogP contribution is -2.69. The van der Waals surface area contributed by atoms with Crippen molar-refractivity contribution in [1.82, 2.24) is 15.1 Å². The summed E-state index contributed by atoms with van der Waals surface area (Å²) in [5.74, 6) is 1.33. The number of piperazine rings is 1. The van der Waals surface area contributed by atoms with Crippen molar-refractivity contribution in [1.29, 1.82) is 5.26 Å². The van der Waals surface area contributed by atoms with E-state index in [0.29, 0.717) is 65.5 Å². The van der Waals surface area contributed by atoms with Gasteiger partial charge in [-0.2, -0.15) is 5.26 Å². The van der Waals surface area contributed by atoms with Crippen molar-refractivity contribution in [3.05, 3.63) is 62.7 Å². The molecule has 4 bridgehead atoms. The highest BCUT2D eigenvalue weighted by Crippen LogP contribution is 2.64. The Morgan fingerprint density at radius 3 is 2.28 bits per heavy atom. The molecule has 3 N–H and O–H groups in total. The van der Waals surface area contributed by atoms with E-state index < -0.39 is 40.9 Å². The first-order chi connectivity index (χ1) is 33.5. The maximum Gasteiger partial charge on any atom is 0.331 e. The van der Waals surface area contributed by atoms with E-state index in [4.69, 9.17) is 28.4 Å². The fourth-order valence-corrected chi connectivity index (χ4v) is 14.2. The second-order valence-electron chi connectivity index (χ2n) is 20.0. The zero-order chi connectivity index (χ0) is 48.6. The number of phenolic OH excluding ortho intramolecular Hbond substituents is 2. The van der Waals surface area contributed by atoms with Crippen LogP contribution in [0.3, 0.4) is 0 Å². The number of esters is 2. The number of ether oxygens (including phenoxy) is 6. The number of nitrogens with zero attached hydrogens (tertiary/aromatic N) is 3. The third-order valence-electron chi connectivity index (χ3n) is 15.9. The number of hydrogen-bond acceptors (Lipinski definition) is 15. The van der Waals surface area contributed by atoms with Crippen molar-refractivity contribution in [3.8, 4) is 46.3 Å². The van der Waals surface area contributed by atoms with Gasteiger partial charge in [0.1, 0.15) is 18.4 Å². The van der Waals surface area contributed by atoms with Crippen LogP contribution in [0, 0.1) is 25.2 Å². The number of nitrogens with one attached hydrogen (secondary N) is 1. The molecule has 15 heteroatoms. The van der Waals surface area contributed by atoms with Gasteiger partial charge in [-0.05, 0) is 74.5 Å². The molecule has 69 heavy (non-hydrogen) atoms. The summed E-state index contributed by atoms with van der Waals surface area (Å²) in [6, 6.07) is 5.39. The number of carbonyl (C=O) groups excluding carboxylic acids is 2. The van der Waals surface area contributed by atoms with Crippen molar-refractivity contribution < 1.29 is 48.2 Å². The molecule has 2 fully saturated rings.